The standard InChI is InChI=1S/C20H17ClN2O6/c1-3-9-28-18-12(5-4-6-17(18)27-2)10-15-20(24)29-19(22-15)13-7-8-14(21)16(11-13)23(25)26/h4-8,10-11H,3,9H2,1-2H3/b15-10-. The van der Waals surface area contributed by atoms with Gasteiger partial charge in [-0.15, -0.1) is 0 Å². The Hall–Kier alpha value is -3.39. The van der Waals surface area contributed by atoms with Crippen molar-refractivity contribution in [2.45, 2.75) is 13.3 Å². The van der Waals surface area contributed by atoms with E-state index in [2.05, 4.69) is 4.99 Å². The van der Waals surface area contributed by atoms with E-state index in [9.17, 15) is 14.9 Å². The van der Waals surface area contributed by atoms with Crippen LogP contribution in [0.3, 0.4) is 0 Å². The van der Waals surface area contributed by atoms with Crippen molar-refractivity contribution in [3.8, 4) is 11.5 Å². The van der Waals surface area contributed by atoms with Crippen LogP contribution in [0.25, 0.3) is 6.08 Å². The summed E-state index contributed by atoms with van der Waals surface area (Å²) in [4.78, 5) is 26.9. The number of hydrogen-bond acceptors (Lipinski definition) is 7. The van der Waals surface area contributed by atoms with E-state index >= 15 is 0 Å². The van der Waals surface area contributed by atoms with E-state index in [0.29, 0.717) is 23.7 Å². The Kier molecular flexibility index (Phi) is 6.13. The van der Waals surface area contributed by atoms with Crippen molar-refractivity contribution < 1.29 is 23.9 Å². The SMILES string of the molecule is CCCOc1c(/C=C2\N=C(c3ccc(Cl)c([N+](=O)[O-])c3)OC2=O)cccc1OC. The molecule has 0 unspecified atom stereocenters. The highest BCUT2D eigenvalue weighted by Crippen LogP contribution is 2.34. The average Bonchev–Trinajstić information content (AvgIpc) is 3.07. The molecule has 1 aliphatic rings. The van der Waals surface area contributed by atoms with Crippen LogP contribution >= 0.6 is 11.6 Å². The first-order valence-corrected chi connectivity index (χ1v) is 9.09. The minimum atomic E-state index is -0.679. The number of cyclic esters (lactones) is 1. The van der Waals surface area contributed by atoms with Crippen LogP contribution < -0.4 is 9.47 Å². The minimum Gasteiger partial charge on any atom is -0.493 e. The Morgan fingerprint density at radius 3 is 2.79 bits per heavy atom. The van der Waals surface area contributed by atoms with Crippen LogP contribution in [0.2, 0.25) is 5.02 Å². The first-order valence-electron chi connectivity index (χ1n) is 8.71. The number of ether oxygens (including phenoxy) is 3. The van der Waals surface area contributed by atoms with Crippen LogP contribution in [-0.4, -0.2) is 30.5 Å². The monoisotopic (exact) mass is 416 g/mol. The summed E-state index contributed by atoms with van der Waals surface area (Å²) in [5, 5.41) is 11.1. The molecule has 0 fully saturated rings. The maximum atomic E-state index is 12.3. The summed E-state index contributed by atoms with van der Waals surface area (Å²) >= 11 is 5.82. The van der Waals surface area contributed by atoms with E-state index in [1.165, 1.54) is 31.4 Å². The van der Waals surface area contributed by atoms with Crippen LogP contribution in [0, 0.1) is 10.1 Å². The molecule has 0 aromatic heterocycles. The fraction of sp³-hybridized carbons (Fsp3) is 0.200. The van der Waals surface area contributed by atoms with Gasteiger partial charge in [-0.05, 0) is 30.7 Å². The van der Waals surface area contributed by atoms with Crippen molar-refractivity contribution in [1.29, 1.82) is 0 Å². The summed E-state index contributed by atoms with van der Waals surface area (Å²) in [6.45, 7) is 2.45. The molecular weight excluding hydrogens is 400 g/mol. The van der Waals surface area contributed by atoms with Crippen LogP contribution in [0.5, 0.6) is 11.5 Å². The Morgan fingerprint density at radius 1 is 1.31 bits per heavy atom. The number of carbonyl (C=O) groups excluding carboxylic acids is 1. The summed E-state index contributed by atoms with van der Waals surface area (Å²) in [7, 11) is 1.53. The lowest BCUT2D eigenvalue weighted by Gasteiger charge is -2.12. The molecule has 1 heterocycles. The first kappa shape index (κ1) is 20.3. The molecule has 2 aromatic rings. The lowest BCUT2D eigenvalue weighted by molar-refractivity contribution is -0.384. The molecule has 0 amide bonds. The number of methoxy groups -OCH3 is 1. The van der Waals surface area contributed by atoms with Gasteiger partial charge in [-0.3, -0.25) is 10.1 Å². The molecule has 0 bridgehead atoms. The average molecular weight is 417 g/mol. The van der Waals surface area contributed by atoms with Gasteiger partial charge in [-0.25, -0.2) is 9.79 Å². The Labute approximate surface area is 171 Å². The fourth-order valence-corrected chi connectivity index (χ4v) is 2.82. The lowest BCUT2D eigenvalue weighted by Crippen LogP contribution is -2.06. The van der Waals surface area contributed by atoms with E-state index in [-0.39, 0.29) is 27.9 Å². The van der Waals surface area contributed by atoms with Crippen LogP contribution in [0.1, 0.15) is 24.5 Å². The predicted molar refractivity (Wildman–Crippen MR) is 107 cm³/mol. The normalized spacial score (nSPS) is 14.5. The summed E-state index contributed by atoms with van der Waals surface area (Å²) in [6.07, 6.45) is 2.32. The van der Waals surface area contributed by atoms with Crippen molar-refractivity contribution in [1.82, 2.24) is 0 Å². The number of rotatable bonds is 7. The van der Waals surface area contributed by atoms with Crippen molar-refractivity contribution in [3.05, 3.63) is 68.4 Å². The van der Waals surface area contributed by atoms with E-state index in [1.807, 2.05) is 6.92 Å². The summed E-state index contributed by atoms with van der Waals surface area (Å²) in [6, 6.07) is 9.32. The van der Waals surface area contributed by atoms with Crippen LogP contribution in [-0.2, 0) is 9.53 Å². The Balaban J connectivity index is 2.00. The van der Waals surface area contributed by atoms with Gasteiger partial charge < -0.3 is 14.2 Å². The largest absolute Gasteiger partial charge is 0.493 e. The molecule has 2 aromatic carbocycles. The lowest BCUT2D eigenvalue weighted by atomic mass is 10.1. The third-order valence-electron chi connectivity index (χ3n) is 3.98. The van der Waals surface area contributed by atoms with E-state index in [4.69, 9.17) is 25.8 Å². The quantitative estimate of drug-likeness (QED) is 0.287. The number of carbonyl (C=O) groups is 1. The molecule has 0 aliphatic carbocycles. The number of esters is 1. The van der Waals surface area contributed by atoms with Gasteiger partial charge in [0.15, 0.2) is 17.2 Å². The van der Waals surface area contributed by atoms with E-state index in [0.717, 1.165) is 6.42 Å². The molecule has 1 aliphatic heterocycles. The maximum Gasteiger partial charge on any atom is 0.363 e. The van der Waals surface area contributed by atoms with E-state index in [1.54, 1.807) is 18.2 Å². The van der Waals surface area contributed by atoms with Crippen molar-refractivity contribution >= 4 is 35.2 Å². The number of nitro benzene ring substituents is 1. The van der Waals surface area contributed by atoms with Gasteiger partial charge in [0.05, 0.1) is 18.6 Å². The molecule has 29 heavy (non-hydrogen) atoms. The number of benzene rings is 2. The summed E-state index contributed by atoms with van der Waals surface area (Å²) in [5.74, 6) is 0.293. The highest BCUT2D eigenvalue weighted by atomic mass is 35.5. The second-order valence-electron chi connectivity index (χ2n) is 5.99. The molecule has 0 N–H and O–H groups in total. The smallest absolute Gasteiger partial charge is 0.363 e. The van der Waals surface area contributed by atoms with Crippen LogP contribution in [0.15, 0.2) is 47.1 Å². The number of halogens is 1. The zero-order valence-electron chi connectivity index (χ0n) is 15.7. The molecule has 0 saturated carbocycles. The Bertz CT molecular complexity index is 1030. The molecule has 0 spiro atoms. The number of nitrogens with zero attached hydrogens (tertiary/aromatic N) is 2. The third kappa shape index (κ3) is 4.38. The molecule has 0 radical (unpaired) electrons. The van der Waals surface area contributed by atoms with Gasteiger partial charge in [0.1, 0.15) is 5.02 Å². The molecule has 0 saturated heterocycles. The molecule has 0 atom stereocenters. The molecule has 8 nitrogen and oxygen atoms in total. The molecular formula is C20H17ClN2O6. The Morgan fingerprint density at radius 2 is 2.10 bits per heavy atom. The predicted octanol–water partition coefficient (Wildman–Crippen LogP) is 4.39. The van der Waals surface area contributed by atoms with Gasteiger partial charge in [0, 0.05) is 17.2 Å². The highest BCUT2D eigenvalue weighted by Gasteiger charge is 2.26. The number of hydrogen-bond donors (Lipinski definition) is 0. The number of para-hydroxylation sites is 1. The second-order valence-corrected chi connectivity index (χ2v) is 6.39. The van der Waals surface area contributed by atoms with Gasteiger partial charge in [-0.2, -0.15) is 0 Å². The maximum absolute atomic E-state index is 12.3. The topological polar surface area (TPSA) is 100 Å². The zero-order valence-corrected chi connectivity index (χ0v) is 16.4. The van der Waals surface area contributed by atoms with Gasteiger partial charge in [0.25, 0.3) is 5.69 Å². The van der Waals surface area contributed by atoms with E-state index < -0.39 is 10.9 Å². The first-order chi connectivity index (χ1) is 13.9. The summed E-state index contributed by atoms with van der Waals surface area (Å²) in [5.41, 5.74) is 0.596. The van der Waals surface area contributed by atoms with Crippen molar-refractivity contribution in [3.63, 3.8) is 0 Å². The molecule has 9 heteroatoms. The minimum absolute atomic E-state index is 0.0199. The van der Waals surface area contributed by atoms with Gasteiger partial charge in [0.2, 0.25) is 5.90 Å². The molecule has 3 rings (SSSR count). The number of nitro groups is 1. The van der Waals surface area contributed by atoms with Crippen molar-refractivity contribution in [2.75, 3.05) is 13.7 Å². The van der Waals surface area contributed by atoms with Crippen molar-refractivity contribution in [2.24, 2.45) is 4.99 Å². The van der Waals surface area contributed by atoms with Gasteiger partial charge >= 0.3 is 5.97 Å². The third-order valence-corrected chi connectivity index (χ3v) is 4.30. The summed E-state index contributed by atoms with van der Waals surface area (Å²) < 4.78 is 16.3. The zero-order chi connectivity index (χ0) is 21.0. The highest BCUT2D eigenvalue weighted by molar-refractivity contribution is 6.32. The molecule has 150 valence electrons. The number of aliphatic imine (C=N–C) groups is 1. The fourth-order valence-electron chi connectivity index (χ4n) is 2.63. The van der Waals surface area contributed by atoms with Gasteiger partial charge in [-0.1, -0.05) is 30.7 Å². The second kappa shape index (κ2) is 8.74. The van der Waals surface area contributed by atoms with Crippen LogP contribution in [0.4, 0.5) is 5.69 Å².